The van der Waals surface area contributed by atoms with Crippen LogP contribution in [0.3, 0.4) is 0 Å². The summed E-state index contributed by atoms with van der Waals surface area (Å²) in [4.78, 5) is 14.5. The first-order valence-electron chi connectivity index (χ1n) is 10.2. The smallest absolute Gasteiger partial charge is 0.234 e. The van der Waals surface area contributed by atoms with E-state index in [9.17, 15) is 13.6 Å². The molecule has 1 aliphatic rings. The highest BCUT2D eigenvalue weighted by Gasteiger charge is 2.18. The Labute approximate surface area is 180 Å². The van der Waals surface area contributed by atoms with Gasteiger partial charge >= 0.3 is 0 Å². The summed E-state index contributed by atoms with van der Waals surface area (Å²) in [6, 6.07) is 12.2. The zero-order chi connectivity index (χ0) is 21.8. The number of hydrogen-bond donors (Lipinski definition) is 1. The van der Waals surface area contributed by atoms with Gasteiger partial charge in [-0.2, -0.15) is 5.10 Å². The SMILES string of the molecule is C[C@@H](NC(=O)CN1CC=C(c2cnn(-c3ccc(F)cc3)c2)CC1)c1ccc(F)cc1. The predicted molar refractivity (Wildman–Crippen MR) is 116 cm³/mol. The summed E-state index contributed by atoms with van der Waals surface area (Å²) in [5, 5.41) is 7.35. The number of nitrogens with one attached hydrogen (secondary N) is 1. The number of carbonyl (C=O) groups is 1. The van der Waals surface area contributed by atoms with Crippen molar-refractivity contribution < 1.29 is 13.6 Å². The fourth-order valence-corrected chi connectivity index (χ4v) is 3.67. The fourth-order valence-electron chi connectivity index (χ4n) is 3.67. The Morgan fingerprint density at radius 2 is 1.77 bits per heavy atom. The molecule has 0 bridgehead atoms. The van der Waals surface area contributed by atoms with Crippen LogP contribution >= 0.6 is 0 Å². The Kier molecular flexibility index (Phi) is 6.23. The summed E-state index contributed by atoms with van der Waals surface area (Å²) >= 11 is 0. The fraction of sp³-hybridized carbons (Fsp3) is 0.250. The number of nitrogens with zero attached hydrogens (tertiary/aromatic N) is 3. The van der Waals surface area contributed by atoms with Crippen LogP contribution in [0.5, 0.6) is 0 Å². The summed E-state index contributed by atoms with van der Waals surface area (Å²) in [6.07, 6.45) is 6.68. The molecule has 1 aromatic heterocycles. The number of benzene rings is 2. The molecule has 5 nitrogen and oxygen atoms in total. The van der Waals surface area contributed by atoms with Crippen molar-refractivity contribution in [3.63, 3.8) is 0 Å². The van der Waals surface area contributed by atoms with Gasteiger partial charge in [0.25, 0.3) is 0 Å². The van der Waals surface area contributed by atoms with Crippen LogP contribution in [0.15, 0.2) is 67.0 Å². The Balaban J connectivity index is 1.31. The molecular formula is C24H24F2N4O. The Bertz CT molecular complexity index is 1070. The second-order valence-corrected chi connectivity index (χ2v) is 7.71. The van der Waals surface area contributed by atoms with Crippen molar-refractivity contribution >= 4 is 11.5 Å². The van der Waals surface area contributed by atoms with Crippen molar-refractivity contribution in [3.8, 4) is 5.69 Å². The third-order valence-electron chi connectivity index (χ3n) is 5.45. The highest BCUT2D eigenvalue weighted by atomic mass is 19.1. The van der Waals surface area contributed by atoms with Gasteiger partial charge < -0.3 is 5.32 Å². The number of aromatic nitrogens is 2. The molecule has 7 heteroatoms. The van der Waals surface area contributed by atoms with Crippen LogP contribution in [0, 0.1) is 11.6 Å². The van der Waals surface area contributed by atoms with E-state index in [1.807, 2.05) is 19.3 Å². The average Bonchev–Trinajstić information content (AvgIpc) is 3.25. The number of carbonyl (C=O) groups excluding carboxylic acids is 1. The molecule has 0 aliphatic carbocycles. The predicted octanol–water partition coefficient (Wildman–Crippen LogP) is 4.12. The summed E-state index contributed by atoms with van der Waals surface area (Å²) in [6.45, 7) is 3.64. The number of hydrogen-bond acceptors (Lipinski definition) is 3. The first kappa shape index (κ1) is 20.9. The van der Waals surface area contributed by atoms with Gasteiger partial charge in [0.2, 0.25) is 5.91 Å². The first-order chi connectivity index (χ1) is 15.0. The lowest BCUT2D eigenvalue weighted by Gasteiger charge is -2.26. The van der Waals surface area contributed by atoms with E-state index in [0.717, 1.165) is 29.8 Å². The Morgan fingerprint density at radius 1 is 1.10 bits per heavy atom. The minimum absolute atomic E-state index is 0.0576. The van der Waals surface area contributed by atoms with Gasteiger partial charge in [-0.3, -0.25) is 9.69 Å². The number of amides is 1. The van der Waals surface area contributed by atoms with E-state index in [-0.39, 0.29) is 23.6 Å². The maximum Gasteiger partial charge on any atom is 0.234 e. The first-order valence-corrected chi connectivity index (χ1v) is 10.2. The van der Waals surface area contributed by atoms with E-state index in [0.29, 0.717) is 13.1 Å². The Hall–Kier alpha value is -3.32. The molecule has 4 rings (SSSR count). The van der Waals surface area contributed by atoms with Crippen molar-refractivity contribution in [3.05, 3.63) is 89.8 Å². The summed E-state index contributed by atoms with van der Waals surface area (Å²) in [5.41, 5.74) is 3.88. The average molecular weight is 422 g/mol. The highest BCUT2D eigenvalue weighted by molar-refractivity contribution is 5.78. The van der Waals surface area contributed by atoms with Gasteiger partial charge in [0.05, 0.1) is 24.5 Å². The van der Waals surface area contributed by atoms with Crippen LogP contribution in [0.1, 0.15) is 30.5 Å². The molecule has 0 fully saturated rings. The summed E-state index contributed by atoms with van der Waals surface area (Å²) in [7, 11) is 0. The molecule has 0 radical (unpaired) electrons. The largest absolute Gasteiger partial charge is 0.348 e. The second-order valence-electron chi connectivity index (χ2n) is 7.71. The van der Waals surface area contributed by atoms with Crippen molar-refractivity contribution in [1.82, 2.24) is 20.0 Å². The monoisotopic (exact) mass is 422 g/mol. The van der Waals surface area contributed by atoms with Gasteiger partial charge in [-0.05, 0) is 60.9 Å². The molecule has 2 heterocycles. The molecule has 1 atom stereocenters. The van der Waals surface area contributed by atoms with Crippen molar-refractivity contribution in [1.29, 1.82) is 0 Å². The lowest BCUT2D eigenvalue weighted by Crippen LogP contribution is -2.40. The van der Waals surface area contributed by atoms with E-state index in [2.05, 4.69) is 21.4 Å². The van der Waals surface area contributed by atoms with Crippen LogP contribution in [0.25, 0.3) is 11.3 Å². The molecule has 3 aromatic rings. The van der Waals surface area contributed by atoms with Crippen LogP contribution in [0.2, 0.25) is 0 Å². The number of halogens is 2. The maximum atomic E-state index is 13.1. The third-order valence-corrected chi connectivity index (χ3v) is 5.45. The van der Waals surface area contributed by atoms with Gasteiger partial charge in [0.15, 0.2) is 0 Å². The van der Waals surface area contributed by atoms with Crippen LogP contribution in [-0.4, -0.2) is 40.2 Å². The van der Waals surface area contributed by atoms with Gasteiger partial charge in [-0.25, -0.2) is 13.5 Å². The Morgan fingerprint density at radius 3 is 2.42 bits per heavy atom. The van der Waals surface area contributed by atoms with Gasteiger partial charge in [0, 0.05) is 24.8 Å². The summed E-state index contributed by atoms with van der Waals surface area (Å²) < 4.78 is 27.9. The molecule has 160 valence electrons. The van der Waals surface area contributed by atoms with E-state index >= 15 is 0 Å². The van der Waals surface area contributed by atoms with Gasteiger partial charge in [-0.1, -0.05) is 18.2 Å². The molecule has 1 amide bonds. The van der Waals surface area contributed by atoms with Gasteiger partial charge in [-0.15, -0.1) is 0 Å². The van der Waals surface area contributed by atoms with Crippen LogP contribution in [0.4, 0.5) is 8.78 Å². The normalized spacial score (nSPS) is 15.4. The number of rotatable bonds is 6. The zero-order valence-electron chi connectivity index (χ0n) is 17.3. The van der Waals surface area contributed by atoms with Gasteiger partial charge in [0.1, 0.15) is 11.6 Å². The molecule has 0 spiro atoms. The molecular weight excluding hydrogens is 398 g/mol. The molecule has 31 heavy (non-hydrogen) atoms. The quantitative estimate of drug-likeness (QED) is 0.650. The van der Waals surface area contributed by atoms with Crippen molar-refractivity contribution in [2.75, 3.05) is 19.6 Å². The van der Waals surface area contributed by atoms with E-state index < -0.39 is 0 Å². The van der Waals surface area contributed by atoms with Crippen LogP contribution in [-0.2, 0) is 4.79 Å². The molecule has 0 saturated heterocycles. The van der Waals surface area contributed by atoms with Crippen LogP contribution < -0.4 is 5.32 Å². The lowest BCUT2D eigenvalue weighted by molar-refractivity contribution is -0.122. The molecule has 1 N–H and O–H groups in total. The van der Waals surface area contributed by atoms with E-state index in [1.165, 1.54) is 29.8 Å². The minimum Gasteiger partial charge on any atom is -0.348 e. The topological polar surface area (TPSA) is 50.2 Å². The van der Waals surface area contributed by atoms with Crippen molar-refractivity contribution in [2.45, 2.75) is 19.4 Å². The molecule has 0 saturated carbocycles. The minimum atomic E-state index is -0.290. The zero-order valence-corrected chi connectivity index (χ0v) is 17.3. The highest BCUT2D eigenvalue weighted by Crippen LogP contribution is 2.23. The molecule has 0 unspecified atom stereocenters. The van der Waals surface area contributed by atoms with E-state index in [1.54, 1.807) is 28.9 Å². The summed E-state index contributed by atoms with van der Waals surface area (Å²) in [5.74, 6) is -0.624. The van der Waals surface area contributed by atoms with Crippen molar-refractivity contribution in [2.24, 2.45) is 0 Å². The lowest BCUT2D eigenvalue weighted by atomic mass is 10.0. The van der Waals surface area contributed by atoms with E-state index in [4.69, 9.17) is 0 Å². The second kappa shape index (κ2) is 9.22. The third kappa shape index (κ3) is 5.24. The molecule has 1 aliphatic heterocycles. The standard InChI is InChI=1S/C24H24F2N4O/c1-17(18-2-4-21(25)5-3-18)28-24(31)16-29-12-10-19(11-13-29)20-14-27-30(15-20)23-8-6-22(26)7-9-23/h2-10,14-15,17H,11-13,16H2,1H3,(H,28,31)/t17-/m1/s1. The maximum absolute atomic E-state index is 13.1. The molecule has 2 aromatic carbocycles.